The van der Waals surface area contributed by atoms with Gasteiger partial charge in [-0.1, -0.05) is 15.9 Å². The number of nitro benzene ring substituents is 1. The zero-order valence-electron chi connectivity index (χ0n) is 13.3. The lowest BCUT2D eigenvalue weighted by Gasteiger charge is -2.26. The third kappa shape index (κ3) is 4.42. The van der Waals surface area contributed by atoms with Gasteiger partial charge in [-0.05, 0) is 32.4 Å². The summed E-state index contributed by atoms with van der Waals surface area (Å²) in [6, 6.07) is 2.23. The number of nitrogens with zero attached hydrogens (tertiary/aromatic N) is 1. The van der Waals surface area contributed by atoms with Gasteiger partial charge in [0.1, 0.15) is 17.3 Å². The monoisotopic (exact) mass is 400 g/mol. The number of carbonyl (C=O) groups excluding carboxylic acids is 2. The van der Waals surface area contributed by atoms with E-state index < -0.39 is 28.6 Å². The summed E-state index contributed by atoms with van der Waals surface area (Å²) in [5.41, 5.74) is 4.78. The van der Waals surface area contributed by atoms with Gasteiger partial charge in [-0.3, -0.25) is 20.3 Å². The van der Waals surface area contributed by atoms with Crippen LogP contribution in [0.5, 0.6) is 0 Å². The molecule has 2 rings (SSSR count). The first kappa shape index (κ1) is 18.1. The standard InChI is InChI=1S/C14H17BrN4O5/c1-14(2,3)24-13(21)18-17-9-5-7-4-8(15)6-10(19(22)23)11(7)16-12(9)20/h4,6,9,17H,5H2,1-3H3,(H,16,20)(H,18,21). The minimum Gasteiger partial charge on any atom is -0.443 e. The number of rotatable bonds is 3. The van der Waals surface area contributed by atoms with E-state index in [4.69, 9.17) is 4.74 Å². The Hall–Kier alpha value is -2.20. The number of amides is 2. The highest BCUT2D eigenvalue weighted by Gasteiger charge is 2.32. The Morgan fingerprint density at radius 2 is 2.12 bits per heavy atom. The summed E-state index contributed by atoms with van der Waals surface area (Å²) in [6.45, 7) is 5.15. The van der Waals surface area contributed by atoms with Gasteiger partial charge in [-0.25, -0.2) is 10.2 Å². The smallest absolute Gasteiger partial charge is 0.422 e. The Bertz CT molecular complexity index is 701. The van der Waals surface area contributed by atoms with E-state index in [1.807, 2.05) is 0 Å². The molecule has 9 nitrogen and oxygen atoms in total. The average molecular weight is 401 g/mol. The van der Waals surface area contributed by atoms with Crippen molar-refractivity contribution in [3.05, 3.63) is 32.3 Å². The number of benzene rings is 1. The van der Waals surface area contributed by atoms with Crippen LogP contribution in [0.1, 0.15) is 26.3 Å². The van der Waals surface area contributed by atoms with Crippen LogP contribution in [0.3, 0.4) is 0 Å². The molecule has 1 atom stereocenters. The van der Waals surface area contributed by atoms with Crippen LogP contribution >= 0.6 is 15.9 Å². The van der Waals surface area contributed by atoms with Crippen molar-refractivity contribution in [2.45, 2.75) is 38.8 Å². The molecule has 0 bridgehead atoms. The minimum absolute atomic E-state index is 0.170. The summed E-state index contributed by atoms with van der Waals surface area (Å²) in [5.74, 6) is -0.482. The Balaban J connectivity index is 2.11. The highest BCUT2D eigenvalue weighted by Crippen LogP contribution is 2.35. The topological polar surface area (TPSA) is 123 Å². The molecule has 0 aliphatic carbocycles. The summed E-state index contributed by atoms with van der Waals surface area (Å²) >= 11 is 3.21. The molecule has 1 aromatic rings. The largest absolute Gasteiger partial charge is 0.443 e. The summed E-state index contributed by atoms with van der Waals surface area (Å²) in [4.78, 5) is 34.3. The number of nitro groups is 1. The maximum absolute atomic E-state index is 12.1. The van der Waals surface area contributed by atoms with Crippen LogP contribution in [0.4, 0.5) is 16.2 Å². The van der Waals surface area contributed by atoms with Crippen molar-refractivity contribution in [1.29, 1.82) is 0 Å². The molecule has 0 spiro atoms. The van der Waals surface area contributed by atoms with E-state index in [1.54, 1.807) is 26.8 Å². The van der Waals surface area contributed by atoms with Crippen molar-refractivity contribution in [2.24, 2.45) is 0 Å². The van der Waals surface area contributed by atoms with Crippen LogP contribution in [0, 0.1) is 10.1 Å². The molecule has 0 radical (unpaired) electrons. The highest BCUT2D eigenvalue weighted by atomic mass is 79.9. The second-order valence-corrected chi connectivity index (χ2v) is 7.15. The first-order chi connectivity index (χ1) is 11.1. The molecular weight excluding hydrogens is 384 g/mol. The number of halogens is 1. The number of hydrogen-bond acceptors (Lipinski definition) is 6. The molecule has 130 valence electrons. The predicted molar refractivity (Wildman–Crippen MR) is 89.4 cm³/mol. The van der Waals surface area contributed by atoms with Crippen molar-refractivity contribution in [2.75, 3.05) is 5.32 Å². The molecule has 0 saturated carbocycles. The van der Waals surface area contributed by atoms with E-state index in [-0.39, 0.29) is 17.8 Å². The molecule has 0 aromatic heterocycles. The van der Waals surface area contributed by atoms with Crippen LogP contribution < -0.4 is 16.2 Å². The average Bonchev–Trinajstić information content (AvgIpc) is 2.42. The van der Waals surface area contributed by atoms with E-state index in [2.05, 4.69) is 32.1 Å². The molecule has 1 aliphatic rings. The van der Waals surface area contributed by atoms with Crippen LogP contribution in [-0.4, -0.2) is 28.6 Å². The van der Waals surface area contributed by atoms with Crippen molar-refractivity contribution >= 4 is 39.3 Å². The van der Waals surface area contributed by atoms with E-state index in [0.29, 0.717) is 10.0 Å². The maximum atomic E-state index is 12.1. The number of ether oxygens (including phenoxy) is 1. The summed E-state index contributed by atoms with van der Waals surface area (Å²) in [6.07, 6.45) is -0.543. The fourth-order valence-corrected chi connectivity index (χ4v) is 2.68. The summed E-state index contributed by atoms with van der Waals surface area (Å²) in [5, 5.41) is 13.6. The zero-order valence-corrected chi connectivity index (χ0v) is 14.9. The van der Waals surface area contributed by atoms with Gasteiger partial charge in [0.25, 0.3) is 5.69 Å². The van der Waals surface area contributed by atoms with Gasteiger partial charge in [-0.2, -0.15) is 0 Å². The van der Waals surface area contributed by atoms with E-state index in [1.165, 1.54) is 6.07 Å². The van der Waals surface area contributed by atoms with Crippen LogP contribution in [0.15, 0.2) is 16.6 Å². The molecular formula is C14H17BrN4O5. The van der Waals surface area contributed by atoms with Crippen molar-refractivity contribution in [3.63, 3.8) is 0 Å². The van der Waals surface area contributed by atoms with Crippen molar-refractivity contribution in [3.8, 4) is 0 Å². The number of anilines is 1. The fourth-order valence-electron chi connectivity index (χ4n) is 2.19. The third-order valence-corrected chi connectivity index (χ3v) is 3.55. The second kappa shape index (κ2) is 6.73. The molecule has 10 heteroatoms. The Labute approximate surface area is 146 Å². The molecule has 1 heterocycles. The number of nitrogens with one attached hydrogen (secondary N) is 3. The summed E-state index contributed by atoms with van der Waals surface area (Å²) < 4.78 is 5.59. The van der Waals surface area contributed by atoms with Gasteiger partial charge in [0.2, 0.25) is 5.91 Å². The Morgan fingerprint density at radius 1 is 1.46 bits per heavy atom. The predicted octanol–water partition coefficient (Wildman–Crippen LogP) is 2.25. The quantitative estimate of drug-likeness (QED) is 0.528. The molecule has 24 heavy (non-hydrogen) atoms. The van der Waals surface area contributed by atoms with Gasteiger partial charge >= 0.3 is 6.09 Å². The van der Waals surface area contributed by atoms with Gasteiger partial charge in [0, 0.05) is 17.0 Å². The minimum atomic E-state index is -0.779. The first-order valence-corrected chi connectivity index (χ1v) is 7.88. The lowest BCUT2D eigenvalue weighted by molar-refractivity contribution is -0.384. The zero-order chi connectivity index (χ0) is 18.1. The van der Waals surface area contributed by atoms with E-state index in [0.717, 1.165) is 0 Å². The van der Waals surface area contributed by atoms with Gasteiger partial charge in [0.05, 0.1) is 4.92 Å². The number of fused-ring (bicyclic) bond motifs is 1. The number of carbonyl (C=O) groups is 2. The first-order valence-electron chi connectivity index (χ1n) is 7.09. The maximum Gasteiger partial charge on any atom is 0.422 e. The van der Waals surface area contributed by atoms with E-state index in [9.17, 15) is 19.7 Å². The lowest BCUT2D eigenvalue weighted by atomic mass is 9.98. The summed E-state index contributed by atoms with van der Waals surface area (Å²) in [7, 11) is 0. The van der Waals surface area contributed by atoms with Crippen LogP contribution in [-0.2, 0) is 16.0 Å². The lowest BCUT2D eigenvalue weighted by Crippen LogP contribution is -2.53. The molecule has 1 aromatic carbocycles. The third-order valence-electron chi connectivity index (χ3n) is 3.10. The molecule has 0 saturated heterocycles. The molecule has 1 aliphatic heterocycles. The van der Waals surface area contributed by atoms with Gasteiger partial charge in [-0.15, -0.1) is 0 Å². The molecule has 0 fully saturated rings. The highest BCUT2D eigenvalue weighted by molar-refractivity contribution is 9.10. The second-order valence-electron chi connectivity index (χ2n) is 6.23. The van der Waals surface area contributed by atoms with Gasteiger partial charge in [0.15, 0.2) is 0 Å². The molecule has 2 amide bonds. The van der Waals surface area contributed by atoms with Gasteiger partial charge < -0.3 is 10.1 Å². The Kier molecular flexibility index (Phi) is 5.09. The molecule has 1 unspecified atom stereocenters. The number of hydrazine groups is 1. The number of hydrogen-bond donors (Lipinski definition) is 3. The van der Waals surface area contributed by atoms with E-state index >= 15 is 0 Å². The van der Waals surface area contributed by atoms with Crippen LogP contribution in [0.2, 0.25) is 0 Å². The Morgan fingerprint density at radius 3 is 2.71 bits per heavy atom. The van der Waals surface area contributed by atoms with Crippen LogP contribution in [0.25, 0.3) is 0 Å². The fraction of sp³-hybridized carbons (Fsp3) is 0.429. The van der Waals surface area contributed by atoms with Crippen molar-refractivity contribution < 1.29 is 19.2 Å². The normalized spacial score (nSPS) is 16.8. The molecule has 3 N–H and O–H groups in total. The SMILES string of the molecule is CC(C)(C)OC(=O)NNC1Cc2cc(Br)cc([N+](=O)[O-])c2NC1=O. The van der Waals surface area contributed by atoms with Crippen molar-refractivity contribution in [1.82, 2.24) is 10.9 Å².